The van der Waals surface area contributed by atoms with Gasteiger partial charge in [-0.15, -0.1) is 0 Å². The van der Waals surface area contributed by atoms with Gasteiger partial charge in [0.25, 0.3) is 5.91 Å². The molecule has 0 bridgehead atoms. The van der Waals surface area contributed by atoms with Gasteiger partial charge >= 0.3 is 5.97 Å². The molecule has 1 amide bonds. The Labute approximate surface area is 191 Å². The summed E-state index contributed by atoms with van der Waals surface area (Å²) >= 11 is 0. The molecule has 3 aromatic rings. The highest BCUT2D eigenvalue weighted by Crippen LogP contribution is 2.14. The SMILES string of the molecule is CCOCCOC(=O)c1ccc(NC(=O)c2ccc(C(=O)C(=O)c3ccccc3)cc2)cc1. The molecule has 0 saturated heterocycles. The van der Waals surface area contributed by atoms with Gasteiger partial charge in [0.1, 0.15) is 6.61 Å². The van der Waals surface area contributed by atoms with E-state index in [1.807, 2.05) is 6.92 Å². The second kappa shape index (κ2) is 11.5. The largest absolute Gasteiger partial charge is 0.460 e. The molecule has 7 nitrogen and oxygen atoms in total. The Morgan fingerprint density at radius 1 is 0.667 bits per heavy atom. The van der Waals surface area contributed by atoms with Crippen LogP contribution in [0.25, 0.3) is 0 Å². The Morgan fingerprint density at radius 3 is 1.82 bits per heavy atom. The first-order chi connectivity index (χ1) is 16.0. The van der Waals surface area contributed by atoms with Crippen molar-refractivity contribution in [2.45, 2.75) is 6.92 Å². The molecule has 0 radical (unpaired) electrons. The average molecular weight is 445 g/mol. The number of carbonyl (C=O) groups is 4. The van der Waals surface area contributed by atoms with Gasteiger partial charge < -0.3 is 14.8 Å². The Balaban J connectivity index is 1.57. The lowest BCUT2D eigenvalue weighted by atomic mass is 10.0. The second-order valence-electron chi connectivity index (χ2n) is 6.97. The Bertz CT molecular complexity index is 1120. The van der Waals surface area contributed by atoms with E-state index in [0.29, 0.717) is 35.6 Å². The molecule has 0 aromatic heterocycles. The Hall–Kier alpha value is -4.10. The maximum absolute atomic E-state index is 12.5. The maximum atomic E-state index is 12.5. The molecular formula is C26H23NO6. The highest BCUT2D eigenvalue weighted by molar-refractivity contribution is 6.49. The lowest BCUT2D eigenvalue weighted by Crippen LogP contribution is -2.16. The summed E-state index contributed by atoms with van der Waals surface area (Å²) in [6.07, 6.45) is 0. The van der Waals surface area contributed by atoms with E-state index in [-0.39, 0.29) is 12.2 Å². The van der Waals surface area contributed by atoms with Crippen molar-refractivity contribution in [3.63, 3.8) is 0 Å². The van der Waals surface area contributed by atoms with Gasteiger partial charge in [0, 0.05) is 29.0 Å². The predicted octanol–water partition coefficient (Wildman–Crippen LogP) is 4.20. The molecule has 168 valence electrons. The number of rotatable bonds is 10. The molecule has 7 heteroatoms. The molecule has 0 unspecified atom stereocenters. The van der Waals surface area contributed by atoms with Gasteiger partial charge in [0.2, 0.25) is 11.6 Å². The van der Waals surface area contributed by atoms with Gasteiger partial charge in [-0.3, -0.25) is 14.4 Å². The smallest absolute Gasteiger partial charge is 0.338 e. The van der Waals surface area contributed by atoms with E-state index in [4.69, 9.17) is 9.47 Å². The van der Waals surface area contributed by atoms with Crippen LogP contribution in [0.5, 0.6) is 0 Å². The highest BCUT2D eigenvalue weighted by Gasteiger charge is 2.18. The van der Waals surface area contributed by atoms with Crippen molar-refractivity contribution < 1.29 is 28.7 Å². The topological polar surface area (TPSA) is 98.8 Å². The molecule has 1 N–H and O–H groups in total. The zero-order valence-electron chi connectivity index (χ0n) is 18.1. The summed E-state index contributed by atoms with van der Waals surface area (Å²) in [7, 11) is 0. The first-order valence-corrected chi connectivity index (χ1v) is 10.4. The molecule has 0 aliphatic heterocycles. The molecular weight excluding hydrogens is 422 g/mol. The monoisotopic (exact) mass is 445 g/mol. The standard InChI is InChI=1S/C26H23NO6/c1-2-32-16-17-33-26(31)21-12-14-22(15-13-21)27-25(30)20-10-8-19(9-11-20)24(29)23(28)18-6-4-3-5-7-18/h3-15H,2,16-17H2,1H3,(H,27,30). The third kappa shape index (κ3) is 6.44. The zero-order valence-corrected chi connectivity index (χ0v) is 18.1. The number of nitrogens with one attached hydrogen (secondary N) is 1. The highest BCUT2D eigenvalue weighted by atomic mass is 16.6. The van der Waals surface area contributed by atoms with Gasteiger partial charge in [-0.2, -0.15) is 0 Å². The van der Waals surface area contributed by atoms with Crippen LogP contribution >= 0.6 is 0 Å². The molecule has 0 spiro atoms. The first kappa shape index (κ1) is 23.6. The lowest BCUT2D eigenvalue weighted by molar-refractivity contribution is 0.0335. The molecule has 33 heavy (non-hydrogen) atoms. The van der Waals surface area contributed by atoms with Gasteiger partial charge in [-0.05, 0) is 43.3 Å². The number of esters is 1. The van der Waals surface area contributed by atoms with Crippen LogP contribution in [0.4, 0.5) is 5.69 Å². The fourth-order valence-corrected chi connectivity index (χ4v) is 2.94. The Morgan fingerprint density at radius 2 is 1.21 bits per heavy atom. The van der Waals surface area contributed by atoms with E-state index in [2.05, 4.69) is 5.32 Å². The van der Waals surface area contributed by atoms with E-state index in [1.54, 1.807) is 54.6 Å². The van der Waals surface area contributed by atoms with Crippen molar-refractivity contribution in [3.05, 3.63) is 101 Å². The van der Waals surface area contributed by atoms with E-state index < -0.39 is 23.4 Å². The number of hydrogen-bond donors (Lipinski definition) is 1. The van der Waals surface area contributed by atoms with Gasteiger partial charge in [-0.1, -0.05) is 42.5 Å². The summed E-state index contributed by atoms with van der Waals surface area (Å²) in [5.74, 6) is -2.12. The number of Topliss-reactive ketones (excluding diaryl/α,β-unsaturated/α-hetero) is 2. The van der Waals surface area contributed by atoms with Gasteiger partial charge in [0.15, 0.2) is 0 Å². The van der Waals surface area contributed by atoms with Crippen molar-refractivity contribution in [2.75, 3.05) is 25.1 Å². The van der Waals surface area contributed by atoms with Crippen molar-refractivity contribution in [3.8, 4) is 0 Å². The molecule has 0 aliphatic rings. The molecule has 0 fully saturated rings. The predicted molar refractivity (Wildman–Crippen MR) is 123 cm³/mol. The van der Waals surface area contributed by atoms with E-state index in [1.165, 1.54) is 24.3 Å². The van der Waals surface area contributed by atoms with Crippen LogP contribution < -0.4 is 5.32 Å². The molecule has 0 aliphatic carbocycles. The third-order valence-corrected chi connectivity index (χ3v) is 4.69. The van der Waals surface area contributed by atoms with Crippen LogP contribution in [0.1, 0.15) is 48.4 Å². The fraction of sp³-hybridized carbons (Fsp3) is 0.154. The van der Waals surface area contributed by atoms with Crippen molar-refractivity contribution in [1.82, 2.24) is 0 Å². The van der Waals surface area contributed by atoms with Crippen LogP contribution in [-0.2, 0) is 9.47 Å². The lowest BCUT2D eigenvalue weighted by Gasteiger charge is -2.08. The van der Waals surface area contributed by atoms with Crippen LogP contribution in [-0.4, -0.2) is 43.3 Å². The number of amides is 1. The summed E-state index contributed by atoms with van der Waals surface area (Å²) in [5.41, 5.74) is 1.68. The van der Waals surface area contributed by atoms with Crippen molar-refractivity contribution >= 4 is 29.1 Å². The van der Waals surface area contributed by atoms with Crippen LogP contribution in [0, 0.1) is 0 Å². The van der Waals surface area contributed by atoms with Gasteiger partial charge in [0.05, 0.1) is 12.2 Å². The summed E-state index contributed by atoms with van der Waals surface area (Å²) < 4.78 is 10.2. The van der Waals surface area contributed by atoms with E-state index >= 15 is 0 Å². The van der Waals surface area contributed by atoms with Crippen molar-refractivity contribution in [2.24, 2.45) is 0 Å². The first-order valence-electron chi connectivity index (χ1n) is 10.4. The number of carbonyl (C=O) groups excluding carboxylic acids is 4. The molecule has 3 rings (SSSR count). The number of ketones is 2. The molecule has 0 heterocycles. The number of hydrogen-bond acceptors (Lipinski definition) is 6. The Kier molecular flexibility index (Phi) is 8.21. The number of benzene rings is 3. The minimum atomic E-state index is -0.642. The summed E-state index contributed by atoms with van der Waals surface area (Å²) in [4.78, 5) is 49.2. The normalized spacial score (nSPS) is 10.3. The number of ether oxygens (including phenoxy) is 2. The fourth-order valence-electron chi connectivity index (χ4n) is 2.94. The molecule has 3 aromatic carbocycles. The van der Waals surface area contributed by atoms with Crippen LogP contribution in [0.3, 0.4) is 0 Å². The maximum Gasteiger partial charge on any atom is 0.338 e. The third-order valence-electron chi connectivity index (χ3n) is 4.69. The van der Waals surface area contributed by atoms with Crippen LogP contribution in [0.2, 0.25) is 0 Å². The molecule has 0 atom stereocenters. The minimum Gasteiger partial charge on any atom is -0.460 e. The van der Waals surface area contributed by atoms with E-state index in [9.17, 15) is 19.2 Å². The van der Waals surface area contributed by atoms with Gasteiger partial charge in [-0.25, -0.2) is 4.79 Å². The zero-order chi connectivity index (χ0) is 23.6. The van der Waals surface area contributed by atoms with Crippen molar-refractivity contribution in [1.29, 1.82) is 0 Å². The summed E-state index contributed by atoms with van der Waals surface area (Å²) in [5, 5.41) is 2.72. The molecule has 0 saturated carbocycles. The summed E-state index contributed by atoms with van der Waals surface area (Å²) in [6.45, 7) is 2.91. The second-order valence-corrected chi connectivity index (χ2v) is 6.97. The average Bonchev–Trinajstić information content (AvgIpc) is 2.86. The summed E-state index contributed by atoms with van der Waals surface area (Å²) in [6, 6.07) is 20.4. The minimum absolute atomic E-state index is 0.167. The van der Waals surface area contributed by atoms with Crippen LogP contribution in [0.15, 0.2) is 78.9 Å². The quantitative estimate of drug-likeness (QED) is 0.217. The number of anilines is 1. The van der Waals surface area contributed by atoms with E-state index in [0.717, 1.165) is 0 Å².